The van der Waals surface area contributed by atoms with Gasteiger partial charge in [0.15, 0.2) is 0 Å². The Morgan fingerprint density at radius 1 is 1.42 bits per heavy atom. The Morgan fingerprint density at radius 2 is 2.11 bits per heavy atom. The molecule has 1 saturated heterocycles. The number of halogens is 1. The molecule has 0 saturated carbocycles. The van der Waals surface area contributed by atoms with Gasteiger partial charge in [-0.3, -0.25) is 13.9 Å². The lowest BCUT2D eigenvalue weighted by Gasteiger charge is -2.25. The minimum absolute atomic E-state index is 0.00571. The van der Waals surface area contributed by atoms with Crippen LogP contribution in [0.5, 0.6) is 0 Å². The van der Waals surface area contributed by atoms with Crippen molar-refractivity contribution in [3.05, 3.63) is 24.0 Å². The molecule has 0 radical (unpaired) electrons. The van der Waals surface area contributed by atoms with E-state index >= 15 is 0 Å². The van der Waals surface area contributed by atoms with Gasteiger partial charge in [-0.2, -0.15) is 0 Å². The van der Waals surface area contributed by atoms with E-state index < -0.39 is 16.6 Å². The lowest BCUT2D eigenvalue weighted by atomic mass is 10.2. The van der Waals surface area contributed by atoms with Crippen LogP contribution in [-0.2, 0) is 15.6 Å². The third kappa shape index (κ3) is 4.00. The number of rotatable bonds is 3. The molecule has 2 rings (SSSR count). The molecule has 0 aromatic heterocycles. The highest BCUT2D eigenvalue weighted by Crippen LogP contribution is 2.16. The predicted molar refractivity (Wildman–Crippen MR) is 73.8 cm³/mol. The second-order valence-electron chi connectivity index (χ2n) is 4.41. The first kappa shape index (κ1) is 14.0. The van der Waals surface area contributed by atoms with Crippen LogP contribution in [0.15, 0.2) is 18.2 Å². The van der Waals surface area contributed by atoms with Crippen LogP contribution in [0.4, 0.5) is 15.8 Å². The Labute approximate surface area is 113 Å². The van der Waals surface area contributed by atoms with Crippen molar-refractivity contribution in [1.82, 2.24) is 4.90 Å². The first-order valence-electron chi connectivity index (χ1n) is 5.97. The summed E-state index contributed by atoms with van der Waals surface area (Å²) in [5.41, 5.74) is 5.91. The monoisotopic (exact) mass is 285 g/mol. The molecule has 0 atom stereocenters. The van der Waals surface area contributed by atoms with Crippen molar-refractivity contribution >= 4 is 28.1 Å². The fourth-order valence-corrected chi connectivity index (χ4v) is 2.99. The highest BCUT2D eigenvalue weighted by atomic mass is 32.2. The van der Waals surface area contributed by atoms with E-state index in [4.69, 9.17) is 5.73 Å². The van der Waals surface area contributed by atoms with Crippen LogP contribution in [0.3, 0.4) is 0 Å². The van der Waals surface area contributed by atoms with E-state index in [0.29, 0.717) is 30.3 Å². The Bertz CT molecular complexity index is 500. The van der Waals surface area contributed by atoms with Gasteiger partial charge in [-0.15, -0.1) is 0 Å². The number of carbonyl (C=O) groups excluding carboxylic acids is 1. The lowest BCUT2D eigenvalue weighted by Crippen LogP contribution is -2.42. The maximum atomic E-state index is 13.0. The smallest absolute Gasteiger partial charge is 0.238 e. The molecule has 0 unspecified atom stereocenters. The van der Waals surface area contributed by atoms with Crippen molar-refractivity contribution in [2.24, 2.45) is 0 Å². The number of hydrogen-bond donors (Lipinski definition) is 2. The molecule has 19 heavy (non-hydrogen) atoms. The molecule has 0 spiro atoms. The van der Waals surface area contributed by atoms with Gasteiger partial charge >= 0.3 is 0 Å². The number of hydrogen-bond acceptors (Lipinski definition) is 4. The van der Waals surface area contributed by atoms with Gasteiger partial charge in [-0.05, 0) is 18.2 Å². The SMILES string of the molecule is Nc1cc(NC(=O)CN2CCS(=O)CC2)ccc1F. The number of nitrogen functional groups attached to an aromatic ring is 1. The fourth-order valence-electron chi connectivity index (χ4n) is 1.86. The van der Waals surface area contributed by atoms with Gasteiger partial charge in [0.05, 0.1) is 12.2 Å². The summed E-state index contributed by atoms with van der Waals surface area (Å²) < 4.78 is 24.2. The summed E-state index contributed by atoms with van der Waals surface area (Å²) in [6.07, 6.45) is 0. The number of nitrogens with two attached hydrogens (primary N) is 1. The molecule has 7 heteroatoms. The van der Waals surface area contributed by atoms with Crippen LogP contribution < -0.4 is 11.1 Å². The third-order valence-corrected chi connectivity index (χ3v) is 4.19. The topological polar surface area (TPSA) is 75.4 Å². The Morgan fingerprint density at radius 3 is 2.74 bits per heavy atom. The molecule has 1 heterocycles. The highest BCUT2D eigenvalue weighted by Gasteiger charge is 2.17. The van der Waals surface area contributed by atoms with Crippen LogP contribution in [-0.4, -0.2) is 46.2 Å². The van der Waals surface area contributed by atoms with Crippen molar-refractivity contribution < 1.29 is 13.4 Å². The van der Waals surface area contributed by atoms with Gasteiger partial charge in [0.25, 0.3) is 0 Å². The summed E-state index contributed by atoms with van der Waals surface area (Å²) in [6.45, 7) is 1.56. The average Bonchev–Trinajstić information content (AvgIpc) is 2.37. The zero-order valence-electron chi connectivity index (χ0n) is 10.4. The molecular formula is C12H16FN3O2S. The van der Waals surface area contributed by atoms with Crippen LogP contribution in [0.25, 0.3) is 0 Å². The van der Waals surface area contributed by atoms with Gasteiger partial charge in [-0.25, -0.2) is 4.39 Å². The lowest BCUT2D eigenvalue weighted by molar-refractivity contribution is -0.117. The number of amides is 1. The van der Waals surface area contributed by atoms with E-state index in [0.717, 1.165) is 0 Å². The molecule has 0 bridgehead atoms. The van der Waals surface area contributed by atoms with E-state index in [1.807, 2.05) is 4.90 Å². The minimum atomic E-state index is -0.751. The van der Waals surface area contributed by atoms with Gasteiger partial charge in [0.2, 0.25) is 5.91 Å². The molecule has 1 aliphatic heterocycles. The van der Waals surface area contributed by atoms with Crippen molar-refractivity contribution in [2.75, 3.05) is 42.2 Å². The first-order valence-corrected chi connectivity index (χ1v) is 7.45. The molecule has 1 fully saturated rings. The number of anilines is 2. The average molecular weight is 285 g/mol. The molecule has 3 N–H and O–H groups in total. The Balaban J connectivity index is 1.87. The molecule has 1 aromatic carbocycles. The maximum absolute atomic E-state index is 13.0. The standard InChI is InChI=1S/C12H16FN3O2S/c13-10-2-1-9(7-11(10)14)15-12(17)8-16-3-5-19(18)6-4-16/h1-2,7H,3-6,8,14H2,(H,15,17). The predicted octanol–water partition coefficient (Wildman–Crippen LogP) is 0.411. The normalized spacial score (nSPS) is 17.3. The van der Waals surface area contributed by atoms with Gasteiger partial charge in [0, 0.05) is 41.1 Å². The summed E-state index contributed by atoms with van der Waals surface area (Å²) in [5.74, 6) is 0.531. The molecule has 0 aliphatic carbocycles. The van der Waals surface area contributed by atoms with Crippen molar-refractivity contribution in [3.8, 4) is 0 Å². The van der Waals surface area contributed by atoms with Gasteiger partial charge in [-0.1, -0.05) is 0 Å². The van der Waals surface area contributed by atoms with Crippen molar-refractivity contribution in [1.29, 1.82) is 0 Å². The van der Waals surface area contributed by atoms with E-state index in [1.165, 1.54) is 18.2 Å². The number of carbonyl (C=O) groups is 1. The zero-order chi connectivity index (χ0) is 13.8. The van der Waals surface area contributed by atoms with Crippen molar-refractivity contribution in [2.45, 2.75) is 0 Å². The summed E-state index contributed by atoms with van der Waals surface area (Å²) in [6, 6.07) is 4.07. The largest absolute Gasteiger partial charge is 0.396 e. The summed E-state index contributed by atoms with van der Waals surface area (Å²) in [5, 5.41) is 2.67. The van der Waals surface area contributed by atoms with Crippen LogP contribution >= 0.6 is 0 Å². The summed E-state index contributed by atoms with van der Waals surface area (Å²) in [7, 11) is -0.751. The fraction of sp³-hybridized carbons (Fsp3) is 0.417. The number of benzene rings is 1. The van der Waals surface area contributed by atoms with Crippen LogP contribution in [0, 0.1) is 5.82 Å². The first-order chi connectivity index (χ1) is 9.04. The molecule has 104 valence electrons. The van der Waals surface area contributed by atoms with Gasteiger partial charge in [0.1, 0.15) is 5.82 Å². The molecule has 5 nitrogen and oxygen atoms in total. The second kappa shape index (κ2) is 6.12. The van der Waals surface area contributed by atoms with E-state index in [-0.39, 0.29) is 18.1 Å². The zero-order valence-corrected chi connectivity index (χ0v) is 11.2. The highest BCUT2D eigenvalue weighted by molar-refractivity contribution is 7.85. The summed E-state index contributed by atoms with van der Waals surface area (Å²) >= 11 is 0. The Kier molecular flexibility index (Phi) is 4.49. The molecular weight excluding hydrogens is 269 g/mol. The maximum Gasteiger partial charge on any atom is 0.238 e. The molecule has 1 amide bonds. The minimum Gasteiger partial charge on any atom is -0.396 e. The van der Waals surface area contributed by atoms with Crippen molar-refractivity contribution in [3.63, 3.8) is 0 Å². The quantitative estimate of drug-likeness (QED) is 0.789. The molecule has 1 aromatic rings. The summed E-state index contributed by atoms with van der Waals surface area (Å²) in [4.78, 5) is 13.7. The van der Waals surface area contributed by atoms with E-state index in [1.54, 1.807) is 0 Å². The second-order valence-corrected chi connectivity index (χ2v) is 6.10. The number of nitrogens with zero attached hydrogens (tertiary/aromatic N) is 1. The van der Waals surface area contributed by atoms with E-state index in [2.05, 4.69) is 5.32 Å². The molecule has 1 aliphatic rings. The van der Waals surface area contributed by atoms with E-state index in [9.17, 15) is 13.4 Å². The van der Waals surface area contributed by atoms with Gasteiger partial charge < -0.3 is 11.1 Å². The number of nitrogens with one attached hydrogen (secondary N) is 1. The Hall–Kier alpha value is -1.47. The van der Waals surface area contributed by atoms with Crippen LogP contribution in [0.1, 0.15) is 0 Å². The van der Waals surface area contributed by atoms with Crippen LogP contribution in [0.2, 0.25) is 0 Å². The third-order valence-electron chi connectivity index (χ3n) is 2.92.